The second-order valence-corrected chi connectivity index (χ2v) is 5.53. The lowest BCUT2D eigenvalue weighted by atomic mass is 10.00. The molecular weight excluding hydrogens is 258 g/mol. The van der Waals surface area contributed by atoms with Crippen molar-refractivity contribution in [1.82, 2.24) is 0 Å². The van der Waals surface area contributed by atoms with E-state index in [-0.39, 0.29) is 18.3 Å². The maximum absolute atomic E-state index is 12.5. The highest BCUT2D eigenvalue weighted by Gasteiger charge is 2.43. The highest BCUT2D eigenvalue weighted by Crippen LogP contribution is 2.39. The number of ketones is 1. The van der Waals surface area contributed by atoms with E-state index in [1.807, 2.05) is 0 Å². The molecule has 20 heavy (non-hydrogen) atoms. The van der Waals surface area contributed by atoms with E-state index in [1.54, 1.807) is 39.0 Å². The third-order valence-electron chi connectivity index (χ3n) is 3.54. The van der Waals surface area contributed by atoms with Gasteiger partial charge in [-0.2, -0.15) is 0 Å². The minimum atomic E-state index is -1.04. The number of ether oxygens (including phenoxy) is 1. The van der Waals surface area contributed by atoms with Crippen molar-refractivity contribution in [2.75, 3.05) is 4.90 Å². The number of benzene rings is 1. The van der Waals surface area contributed by atoms with Gasteiger partial charge in [-0.25, -0.2) is 0 Å². The van der Waals surface area contributed by atoms with Gasteiger partial charge in [0, 0.05) is 0 Å². The molecule has 0 aliphatic carbocycles. The lowest BCUT2D eigenvalue weighted by molar-refractivity contribution is -0.134. The number of aliphatic hydroxyl groups is 1. The Morgan fingerprint density at radius 1 is 1.45 bits per heavy atom. The van der Waals surface area contributed by atoms with Crippen molar-refractivity contribution in [1.29, 1.82) is 0 Å². The molecular formula is C15H19NO4. The van der Waals surface area contributed by atoms with E-state index in [0.717, 1.165) is 0 Å². The normalized spacial score (nSPS) is 18.2. The largest absolute Gasteiger partial charge is 0.476 e. The molecule has 5 nitrogen and oxygen atoms in total. The van der Waals surface area contributed by atoms with Crippen LogP contribution in [0.4, 0.5) is 5.69 Å². The number of hydrogen-bond donors (Lipinski definition) is 1. The predicted octanol–water partition coefficient (Wildman–Crippen LogP) is 1.66. The molecule has 0 fully saturated rings. The average Bonchev–Trinajstić information content (AvgIpc) is 2.38. The lowest BCUT2D eigenvalue weighted by Crippen LogP contribution is -2.56. The Balaban J connectivity index is 2.57. The molecule has 1 N–H and O–H groups in total. The summed E-state index contributed by atoms with van der Waals surface area (Å²) in [5.41, 5.74) is 0.226. The fourth-order valence-electron chi connectivity index (χ4n) is 2.22. The van der Waals surface area contributed by atoms with E-state index >= 15 is 0 Å². The number of carbonyl (C=O) groups is 2. The van der Waals surface area contributed by atoms with E-state index in [9.17, 15) is 14.7 Å². The zero-order valence-corrected chi connectivity index (χ0v) is 12.1. The Hall–Kier alpha value is -1.88. The minimum Gasteiger partial charge on any atom is -0.476 e. The Bertz CT molecular complexity index is 565. The van der Waals surface area contributed by atoms with Crippen LogP contribution in [-0.2, 0) is 16.2 Å². The van der Waals surface area contributed by atoms with Gasteiger partial charge in [0.25, 0.3) is 5.91 Å². The van der Waals surface area contributed by atoms with E-state index in [0.29, 0.717) is 17.0 Å². The Kier molecular flexibility index (Phi) is 3.56. The minimum absolute atomic E-state index is 0.0896. The number of rotatable bonds is 3. The van der Waals surface area contributed by atoms with Crippen LogP contribution in [0, 0.1) is 0 Å². The van der Waals surface area contributed by atoms with Crippen molar-refractivity contribution in [2.24, 2.45) is 0 Å². The predicted molar refractivity (Wildman–Crippen MR) is 74.7 cm³/mol. The SMILES string of the molecule is CC(=O)C(C)N1C(=O)C(C)(C)Oc2cc(CO)ccc21. The number of amides is 1. The third-order valence-corrected chi connectivity index (χ3v) is 3.54. The van der Waals surface area contributed by atoms with Crippen LogP contribution < -0.4 is 9.64 Å². The molecule has 0 bridgehead atoms. The average molecular weight is 277 g/mol. The molecule has 1 aromatic carbocycles. The van der Waals surface area contributed by atoms with Gasteiger partial charge in [-0.05, 0) is 45.4 Å². The molecule has 108 valence electrons. The molecule has 1 aliphatic heterocycles. The van der Waals surface area contributed by atoms with E-state index in [2.05, 4.69) is 0 Å². The highest BCUT2D eigenvalue weighted by atomic mass is 16.5. The summed E-state index contributed by atoms with van der Waals surface area (Å²) in [6, 6.07) is 4.56. The summed E-state index contributed by atoms with van der Waals surface area (Å²) in [6.45, 7) is 6.40. The number of Topliss-reactive ketones (excluding diaryl/α,β-unsaturated/α-hetero) is 1. The molecule has 5 heteroatoms. The standard InChI is InChI=1S/C15H19NO4/c1-9(10(2)18)16-12-6-5-11(8-17)7-13(12)20-15(3,4)14(16)19/h5-7,9,17H,8H2,1-4H3. The van der Waals surface area contributed by atoms with E-state index < -0.39 is 11.6 Å². The monoisotopic (exact) mass is 277 g/mol. The number of anilines is 1. The third kappa shape index (κ3) is 2.29. The molecule has 0 spiro atoms. The molecule has 1 atom stereocenters. The summed E-state index contributed by atoms with van der Waals surface area (Å²) in [4.78, 5) is 25.6. The number of fused-ring (bicyclic) bond motifs is 1. The van der Waals surface area contributed by atoms with Gasteiger partial charge in [0.2, 0.25) is 0 Å². The smallest absolute Gasteiger partial charge is 0.271 e. The van der Waals surface area contributed by atoms with Crippen molar-refractivity contribution < 1.29 is 19.4 Å². The summed E-state index contributed by atoms with van der Waals surface area (Å²) in [5, 5.41) is 9.19. The van der Waals surface area contributed by atoms with Gasteiger partial charge in [-0.1, -0.05) is 6.07 Å². The van der Waals surface area contributed by atoms with Crippen molar-refractivity contribution in [3.8, 4) is 5.75 Å². The van der Waals surface area contributed by atoms with Crippen molar-refractivity contribution in [3.05, 3.63) is 23.8 Å². The molecule has 0 saturated carbocycles. The molecule has 0 saturated heterocycles. The topological polar surface area (TPSA) is 66.8 Å². The maximum atomic E-state index is 12.5. The molecule has 2 rings (SSSR count). The van der Waals surface area contributed by atoms with Crippen LogP contribution in [0.25, 0.3) is 0 Å². The Labute approximate surface area is 118 Å². The number of aliphatic hydroxyl groups excluding tert-OH is 1. The highest BCUT2D eigenvalue weighted by molar-refractivity contribution is 6.07. The van der Waals surface area contributed by atoms with Gasteiger partial charge in [-0.15, -0.1) is 0 Å². The van der Waals surface area contributed by atoms with Gasteiger partial charge in [-0.3, -0.25) is 14.5 Å². The summed E-state index contributed by atoms with van der Waals surface area (Å²) in [5.74, 6) is 0.173. The van der Waals surface area contributed by atoms with Crippen LogP contribution in [0.5, 0.6) is 5.75 Å². The van der Waals surface area contributed by atoms with Crippen molar-refractivity contribution in [3.63, 3.8) is 0 Å². The van der Waals surface area contributed by atoms with Crippen LogP contribution in [0.15, 0.2) is 18.2 Å². The first-order valence-electron chi connectivity index (χ1n) is 6.55. The van der Waals surface area contributed by atoms with Crippen molar-refractivity contribution >= 4 is 17.4 Å². The van der Waals surface area contributed by atoms with E-state index in [1.165, 1.54) is 11.8 Å². The Morgan fingerprint density at radius 3 is 2.65 bits per heavy atom. The van der Waals surface area contributed by atoms with Gasteiger partial charge in [0.15, 0.2) is 11.4 Å². The first kappa shape index (κ1) is 14.5. The molecule has 0 radical (unpaired) electrons. The van der Waals surface area contributed by atoms with Gasteiger partial charge >= 0.3 is 0 Å². The molecule has 1 aromatic rings. The molecule has 1 amide bonds. The fourth-order valence-corrected chi connectivity index (χ4v) is 2.22. The summed E-state index contributed by atoms with van der Waals surface area (Å²) in [7, 11) is 0. The maximum Gasteiger partial charge on any atom is 0.271 e. The van der Waals surface area contributed by atoms with Gasteiger partial charge < -0.3 is 9.84 Å². The molecule has 1 heterocycles. The fraction of sp³-hybridized carbons (Fsp3) is 0.467. The van der Waals surface area contributed by atoms with Crippen LogP contribution in [0.2, 0.25) is 0 Å². The van der Waals surface area contributed by atoms with Crippen LogP contribution in [0.3, 0.4) is 0 Å². The first-order valence-corrected chi connectivity index (χ1v) is 6.55. The van der Waals surface area contributed by atoms with Crippen LogP contribution >= 0.6 is 0 Å². The first-order chi connectivity index (χ1) is 9.27. The second kappa shape index (κ2) is 4.90. The molecule has 0 aromatic heterocycles. The van der Waals surface area contributed by atoms with E-state index in [4.69, 9.17) is 4.74 Å². The molecule has 1 aliphatic rings. The van der Waals surface area contributed by atoms with Crippen LogP contribution in [-0.4, -0.2) is 28.4 Å². The van der Waals surface area contributed by atoms with Crippen molar-refractivity contribution in [2.45, 2.75) is 45.9 Å². The number of hydrogen-bond acceptors (Lipinski definition) is 4. The quantitative estimate of drug-likeness (QED) is 0.912. The summed E-state index contributed by atoms with van der Waals surface area (Å²) in [6.07, 6.45) is 0. The lowest BCUT2D eigenvalue weighted by Gasteiger charge is -2.41. The number of carbonyl (C=O) groups excluding carboxylic acids is 2. The van der Waals surface area contributed by atoms with Crippen LogP contribution in [0.1, 0.15) is 33.3 Å². The molecule has 1 unspecified atom stereocenters. The number of nitrogens with zero attached hydrogens (tertiary/aromatic N) is 1. The summed E-state index contributed by atoms with van der Waals surface area (Å²) < 4.78 is 5.72. The zero-order chi connectivity index (χ0) is 15.1. The van der Waals surface area contributed by atoms with Gasteiger partial charge in [0.05, 0.1) is 18.3 Å². The van der Waals surface area contributed by atoms with Gasteiger partial charge in [0.1, 0.15) is 5.75 Å². The summed E-state index contributed by atoms with van der Waals surface area (Å²) >= 11 is 0. The zero-order valence-electron chi connectivity index (χ0n) is 12.1. The Morgan fingerprint density at radius 2 is 2.10 bits per heavy atom. The second-order valence-electron chi connectivity index (χ2n) is 5.53.